The molecule has 9 nitrogen and oxygen atoms in total. The Balaban J connectivity index is 1.74. The molecule has 1 N–H and O–H groups in total. The molecule has 2 aromatic heterocycles. The molecule has 156 valence electrons. The highest BCUT2D eigenvalue weighted by atomic mass is 16.2. The minimum Gasteiger partial charge on any atom is -0.350 e. The summed E-state index contributed by atoms with van der Waals surface area (Å²) in [6.07, 6.45) is 6.33. The molecule has 9 heteroatoms. The van der Waals surface area contributed by atoms with Crippen LogP contribution in [0.2, 0.25) is 0 Å². The van der Waals surface area contributed by atoms with Crippen molar-refractivity contribution in [3.8, 4) is 0 Å². The predicted octanol–water partition coefficient (Wildman–Crippen LogP) is 1.28. The molecule has 0 bridgehead atoms. The Morgan fingerprint density at radius 3 is 2.79 bits per heavy atom. The molecule has 1 atom stereocenters. The van der Waals surface area contributed by atoms with Gasteiger partial charge in [0.05, 0.1) is 11.3 Å². The van der Waals surface area contributed by atoms with E-state index >= 15 is 0 Å². The number of rotatable bonds is 7. The largest absolute Gasteiger partial charge is 0.350 e. The average molecular weight is 399 g/mol. The Morgan fingerprint density at radius 1 is 1.34 bits per heavy atom. The molecule has 1 saturated heterocycles. The molecule has 1 fully saturated rings. The van der Waals surface area contributed by atoms with E-state index in [9.17, 15) is 9.59 Å². The van der Waals surface area contributed by atoms with Gasteiger partial charge in [0.25, 0.3) is 5.91 Å². The lowest BCUT2D eigenvalue weighted by Gasteiger charge is -2.20. The van der Waals surface area contributed by atoms with Crippen molar-refractivity contribution in [2.45, 2.75) is 45.2 Å². The van der Waals surface area contributed by atoms with E-state index in [0.717, 1.165) is 6.42 Å². The van der Waals surface area contributed by atoms with Gasteiger partial charge in [-0.1, -0.05) is 0 Å². The molecule has 2 amide bonds. The van der Waals surface area contributed by atoms with E-state index < -0.39 is 0 Å². The third kappa shape index (κ3) is 5.10. The number of nitrogens with zero attached hydrogens (tertiary/aromatic N) is 6. The molecule has 0 spiro atoms. The maximum Gasteiger partial charge on any atom is 0.254 e. The summed E-state index contributed by atoms with van der Waals surface area (Å²) in [7, 11) is 3.74. The van der Waals surface area contributed by atoms with E-state index in [-0.39, 0.29) is 23.8 Å². The summed E-state index contributed by atoms with van der Waals surface area (Å²) in [4.78, 5) is 37.9. The molecule has 3 heterocycles. The van der Waals surface area contributed by atoms with Crippen molar-refractivity contribution in [1.82, 2.24) is 30.0 Å². The predicted molar refractivity (Wildman–Crippen MR) is 110 cm³/mol. The highest BCUT2D eigenvalue weighted by molar-refractivity contribution is 5.95. The number of aromatic nitrogens is 4. The van der Waals surface area contributed by atoms with Crippen molar-refractivity contribution in [3.05, 3.63) is 35.9 Å². The van der Waals surface area contributed by atoms with Crippen LogP contribution >= 0.6 is 0 Å². The van der Waals surface area contributed by atoms with Gasteiger partial charge >= 0.3 is 0 Å². The molecule has 3 rings (SSSR count). The molecule has 29 heavy (non-hydrogen) atoms. The van der Waals surface area contributed by atoms with Crippen molar-refractivity contribution in [1.29, 1.82) is 0 Å². The molecule has 1 unspecified atom stereocenters. The van der Waals surface area contributed by atoms with Crippen molar-refractivity contribution in [2.24, 2.45) is 0 Å². The molecule has 2 aromatic rings. The fraction of sp³-hybridized carbons (Fsp3) is 0.550. The lowest BCUT2D eigenvalue weighted by atomic mass is 9.99. The second-order valence-corrected chi connectivity index (χ2v) is 7.84. The maximum absolute atomic E-state index is 12.7. The van der Waals surface area contributed by atoms with Gasteiger partial charge in [-0.25, -0.2) is 9.97 Å². The van der Waals surface area contributed by atoms with Gasteiger partial charge in [-0.05, 0) is 26.3 Å². The molecule has 0 aliphatic carbocycles. The fourth-order valence-electron chi connectivity index (χ4n) is 3.44. The summed E-state index contributed by atoms with van der Waals surface area (Å²) in [6, 6.07) is 1.87. The SMILES string of the molecule is CC(C)NC(=O)c1cnc(N(C)C)nc1C1CCN(C(=O)CCn2cccn2)C1. The second-order valence-electron chi connectivity index (χ2n) is 7.84. The van der Waals surface area contributed by atoms with Crippen LogP contribution in [-0.4, -0.2) is 69.7 Å². The topological polar surface area (TPSA) is 96.3 Å². The highest BCUT2D eigenvalue weighted by Gasteiger charge is 2.31. The van der Waals surface area contributed by atoms with Crippen LogP contribution < -0.4 is 10.2 Å². The van der Waals surface area contributed by atoms with Crippen LogP contribution in [0.3, 0.4) is 0 Å². The van der Waals surface area contributed by atoms with Crippen LogP contribution in [-0.2, 0) is 11.3 Å². The summed E-state index contributed by atoms with van der Waals surface area (Å²) >= 11 is 0. The molecule has 0 aromatic carbocycles. The van der Waals surface area contributed by atoms with Crippen LogP contribution in [0.4, 0.5) is 5.95 Å². The van der Waals surface area contributed by atoms with Crippen LogP contribution in [0.1, 0.15) is 48.7 Å². The Morgan fingerprint density at radius 2 is 2.14 bits per heavy atom. The lowest BCUT2D eigenvalue weighted by molar-refractivity contribution is -0.130. The number of anilines is 1. The standard InChI is InChI=1S/C20H29N7O2/c1-14(2)23-19(29)16-12-21-20(25(3)4)24-18(16)15-6-10-26(13-15)17(28)7-11-27-9-5-8-22-27/h5,8-9,12,14-15H,6-7,10-11,13H2,1-4H3,(H,23,29). The summed E-state index contributed by atoms with van der Waals surface area (Å²) < 4.78 is 1.76. The molecule has 1 aliphatic heterocycles. The van der Waals surface area contributed by atoms with E-state index in [1.54, 1.807) is 17.1 Å². The van der Waals surface area contributed by atoms with Crippen LogP contribution in [0, 0.1) is 0 Å². The second kappa shape index (κ2) is 9.02. The number of aryl methyl sites for hydroxylation is 1. The van der Waals surface area contributed by atoms with Crippen LogP contribution in [0.15, 0.2) is 24.7 Å². The number of carbonyl (C=O) groups is 2. The zero-order valence-corrected chi connectivity index (χ0v) is 17.5. The zero-order valence-electron chi connectivity index (χ0n) is 17.5. The van der Waals surface area contributed by atoms with E-state index in [0.29, 0.717) is 43.3 Å². The van der Waals surface area contributed by atoms with E-state index in [1.165, 1.54) is 0 Å². The molecule has 1 aliphatic rings. The number of nitrogens with one attached hydrogen (secondary N) is 1. The van der Waals surface area contributed by atoms with E-state index in [4.69, 9.17) is 0 Å². The minimum absolute atomic E-state index is 0.0123. The van der Waals surface area contributed by atoms with Gasteiger partial charge in [0, 0.05) is 70.7 Å². The summed E-state index contributed by atoms with van der Waals surface area (Å²) in [5.41, 5.74) is 1.20. The van der Waals surface area contributed by atoms with E-state index in [1.807, 2.05) is 50.0 Å². The third-order valence-corrected chi connectivity index (χ3v) is 4.91. The van der Waals surface area contributed by atoms with Gasteiger partial charge in [0.1, 0.15) is 0 Å². The Bertz CT molecular complexity index is 849. The Labute approximate surface area is 171 Å². The quantitative estimate of drug-likeness (QED) is 0.754. The van der Waals surface area contributed by atoms with Crippen molar-refractivity contribution in [3.63, 3.8) is 0 Å². The zero-order chi connectivity index (χ0) is 21.0. The fourth-order valence-corrected chi connectivity index (χ4v) is 3.44. The van der Waals surface area contributed by atoms with Gasteiger partial charge in [-0.15, -0.1) is 0 Å². The number of hydrogen-bond donors (Lipinski definition) is 1. The van der Waals surface area contributed by atoms with Crippen LogP contribution in [0.25, 0.3) is 0 Å². The van der Waals surface area contributed by atoms with Gasteiger partial charge in [0.15, 0.2) is 0 Å². The third-order valence-electron chi connectivity index (χ3n) is 4.91. The summed E-state index contributed by atoms with van der Waals surface area (Å²) in [5.74, 6) is 0.490. The summed E-state index contributed by atoms with van der Waals surface area (Å²) in [6.45, 7) is 5.62. The Kier molecular flexibility index (Phi) is 6.46. The Hall–Kier alpha value is -2.97. The van der Waals surface area contributed by atoms with Gasteiger partial charge in [-0.2, -0.15) is 5.10 Å². The van der Waals surface area contributed by atoms with Crippen molar-refractivity contribution < 1.29 is 9.59 Å². The normalized spacial score (nSPS) is 16.3. The monoisotopic (exact) mass is 399 g/mol. The summed E-state index contributed by atoms with van der Waals surface area (Å²) in [5, 5.41) is 7.06. The van der Waals surface area contributed by atoms with Crippen LogP contribution in [0.5, 0.6) is 0 Å². The molecular weight excluding hydrogens is 370 g/mol. The van der Waals surface area contributed by atoms with Gasteiger partial charge < -0.3 is 15.1 Å². The number of hydrogen-bond acceptors (Lipinski definition) is 6. The first-order chi connectivity index (χ1) is 13.8. The first kappa shape index (κ1) is 20.8. The van der Waals surface area contributed by atoms with Gasteiger partial charge in [0.2, 0.25) is 11.9 Å². The smallest absolute Gasteiger partial charge is 0.254 e. The highest BCUT2D eigenvalue weighted by Crippen LogP contribution is 2.29. The van der Waals surface area contributed by atoms with Gasteiger partial charge in [-0.3, -0.25) is 14.3 Å². The van der Waals surface area contributed by atoms with Crippen molar-refractivity contribution in [2.75, 3.05) is 32.1 Å². The first-order valence-corrected chi connectivity index (χ1v) is 9.95. The van der Waals surface area contributed by atoms with E-state index in [2.05, 4.69) is 20.4 Å². The number of amides is 2. The number of likely N-dealkylation sites (tertiary alicyclic amines) is 1. The number of carbonyl (C=O) groups excluding carboxylic acids is 2. The van der Waals surface area contributed by atoms with Crippen molar-refractivity contribution >= 4 is 17.8 Å². The first-order valence-electron chi connectivity index (χ1n) is 9.95. The lowest BCUT2D eigenvalue weighted by Crippen LogP contribution is -2.32. The minimum atomic E-state index is -0.177. The molecule has 0 radical (unpaired) electrons. The maximum atomic E-state index is 12.7. The molecular formula is C20H29N7O2. The molecule has 0 saturated carbocycles. The average Bonchev–Trinajstić information content (AvgIpc) is 3.37.